The number of carboxylic acids is 1. The zero-order valence-electron chi connectivity index (χ0n) is 10.8. The summed E-state index contributed by atoms with van der Waals surface area (Å²) in [5.74, 6) is -1.47. The fraction of sp³-hybridized carbons (Fsp3) is 0.462. The fourth-order valence-corrected chi connectivity index (χ4v) is 2.02. The van der Waals surface area contributed by atoms with Gasteiger partial charge in [-0.3, -0.25) is 4.79 Å². The second-order valence-corrected chi connectivity index (χ2v) is 4.87. The molecule has 0 aromatic carbocycles. The highest BCUT2D eigenvalue weighted by Gasteiger charge is 2.38. The molecule has 2 N–H and O–H groups in total. The number of hydrogen-bond acceptors (Lipinski definition) is 4. The Labute approximate surface area is 110 Å². The van der Waals surface area contributed by atoms with Crippen LogP contribution in [0.1, 0.15) is 41.1 Å². The number of carboxylic acid groups (broad SMARTS) is 1. The predicted molar refractivity (Wildman–Crippen MR) is 67.1 cm³/mol. The van der Waals surface area contributed by atoms with Gasteiger partial charge in [0.05, 0.1) is 11.6 Å². The van der Waals surface area contributed by atoms with E-state index in [0.717, 1.165) is 6.42 Å². The molecule has 2 unspecified atom stereocenters. The molecule has 1 aromatic heterocycles. The van der Waals surface area contributed by atoms with Crippen LogP contribution in [0.3, 0.4) is 0 Å². The third kappa shape index (κ3) is 2.73. The van der Waals surface area contributed by atoms with Gasteiger partial charge in [0.2, 0.25) is 0 Å². The van der Waals surface area contributed by atoms with Gasteiger partial charge in [-0.1, -0.05) is 0 Å². The molecule has 19 heavy (non-hydrogen) atoms. The molecular weight excluding hydrogens is 248 g/mol. The lowest BCUT2D eigenvalue weighted by atomic mass is 9.94. The number of aromatic nitrogens is 1. The number of pyridine rings is 1. The van der Waals surface area contributed by atoms with Crippen molar-refractivity contribution < 1.29 is 19.4 Å². The largest absolute Gasteiger partial charge is 0.477 e. The zero-order chi connectivity index (χ0) is 14.0. The highest BCUT2D eigenvalue weighted by Crippen LogP contribution is 2.25. The van der Waals surface area contributed by atoms with Crippen molar-refractivity contribution in [2.75, 3.05) is 6.61 Å². The van der Waals surface area contributed by atoms with Gasteiger partial charge in [-0.05, 0) is 32.4 Å². The van der Waals surface area contributed by atoms with Crippen molar-refractivity contribution in [2.24, 2.45) is 0 Å². The van der Waals surface area contributed by atoms with Crippen molar-refractivity contribution in [2.45, 2.75) is 31.9 Å². The monoisotopic (exact) mass is 264 g/mol. The molecule has 2 heterocycles. The van der Waals surface area contributed by atoms with E-state index in [1.165, 1.54) is 18.3 Å². The summed E-state index contributed by atoms with van der Waals surface area (Å²) in [6.45, 7) is 4.43. The van der Waals surface area contributed by atoms with Crippen molar-refractivity contribution in [1.29, 1.82) is 0 Å². The molecule has 0 spiro atoms. The first kappa shape index (κ1) is 13.5. The van der Waals surface area contributed by atoms with E-state index in [1.807, 2.05) is 13.8 Å². The Bertz CT molecular complexity index is 517. The summed E-state index contributed by atoms with van der Waals surface area (Å²) in [4.78, 5) is 26.6. The van der Waals surface area contributed by atoms with Crippen LogP contribution in [0.15, 0.2) is 18.3 Å². The zero-order valence-corrected chi connectivity index (χ0v) is 10.8. The van der Waals surface area contributed by atoms with Crippen LogP contribution in [0.2, 0.25) is 0 Å². The molecule has 0 bridgehead atoms. The molecule has 102 valence electrons. The summed E-state index contributed by atoms with van der Waals surface area (Å²) < 4.78 is 5.45. The third-order valence-corrected chi connectivity index (χ3v) is 3.53. The van der Waals surface area contributed by atoms with Crippen LogP contribution in [-0.4, -0.2) is 40.2 Å². The number of hydrogen-bond donors (Lipinski definition) is 2. The average molecular weight is 264 g/mol. The number of nitrogens with one attached hydrogen (secondary N) is 1. The molecule has 6 heteroatoms. The van der Waals surface area contributed by atoms with E-state index in [0.29, 0.717) is 6.61 Å². The van der Waals surface area contributed by atoms with Gasteiger partial charge in [-0.25, -0.2) is 9.78 Å². The van der Waals surface area contributed by atoms with Crippen LogP contribution in [0.5, 0.6) is 0 Å². The second kappa shape index (κ2) is 4.97. The lowest BCUT2D eigenvalue weighted by Gasteiger charge is -2.28. The van der Waals surface area contributed by atoms with Gasteiger partial charge in [0.25, 0.3) is 5.91 Å². The molecule has 2 rings (SSSR count). The number of nitrogens with zero attached hydrogens (tertiary/aromatic N) is 1. The van der Waals surface area contributed by atoms with Crippen molar-refractivity contribution >= 4 is 11.9 Å². The summed E-state index contributed by atoms with van der Waals surface area (Å²) in [5.41, 5.74) is -0.287. The maximum absolute atomic E-state index is 12.1. The van der Waals surface area contributed by atoms with Gasteiger partial charge in [0.15, 0.2) is 0 Å². The number of carbonyl (C=O) groups excluding carboxylic acids is 1. The summed E-state index contributed by atoms with van der Waals surface area (Å²) in [7, 11) is 0. The van der Waals surface area contributed by atoms with Crippen molar-refractivity contribution in [3.63, 3.8) is 0 Å². The molecule has 2 atom stereocenters. The van der Waals surface area contributed by atoms with E-state index < -0.39 is 11.5 Å². The van der Waals surface area contributed by atoms with E-state index in [1.54, 1.807) is 0 Å². The molecule has 1 amide bonds. The number of rotatable bonds is 3. The molecule has 0 saturated carbocycles. The highest BCUT2D eigenvalue weighted by molar-refractivity contribution is 5.97. The second-order valence-electron chi connectivity index (χ2n) is 4.87. The Kier molecular flexibility index (Phi) is 3.53. The Balaban J connectivity index is 2.16. The van der Waals surface area contributed by atoms with Gasteiger partial charge in [0, 0.05) is 18.4 Å². The predicted octanol–water partition coefficient (Wildman–Crippen LogP) is 1.08. The van der Waals surface area contributed by atoms with Gasteiger partial charge < -0.3 is 15.2 Å². The maximum atomic E-state index is 12.1. The van der Waals surface area contributed by atoms with Crippen LogP contribution < -0.4 is 5.32 Å². The molecule has 0 radical (unpaired) electrons. The average Bonchev–Trinajstić information content (AvgIpc) is 2.69. The highest BCUT2D eigenvalue weighted by atomic mass is 16.5. The Morgan fingerprint density at radius 3 is 2.89 bits per heavy atom. The maximum Gasteiger partial charge on any atom is 0.354 e. The van der Waals surface area contributed by atoms with E-state index in [2.05, 4.69) is 10.3 Å². The third-order valence-electron chi connectivity index (χ3n) is 3.53. The van der Waals surface area contributed by atoms with Gasteiger partial charge in [0.1, 0.15) is 5.69 Å². The molecule has 1 aliphatic rings. The minimum absolute atomic E-state index is 0.0720. The molecule has 1 fully saturated rings. The topological polar surface area (TPSA) is 88.5 Å². The number of aromatic carboxylic acids is 1. The molecule has 1 aromatic rings. The van der Waals surface area contributed by atoms with E-state index in [-0.39, 0.29) is 23.3 Å². The number of ether oxygens (including phenoxy) is 1. The fourth-order valence-electron chi connectivity index (χ4n) is 2.02. The van der Waals surface area contributed by atoms with E-state index >= 15 is 0 Å². The first-order valence-corrected chi connectivity index (χ1v) is 6.06. The SMILES string of the molecule is CC1OCCC1(C)NC(=O)c1ccnc(C(=O)O)c1. The number of carbonyl (C=O) groups is 2. The van der Waals surface area contributed by atoms with Crippen LogP contribution >= 0.6 is 0 Å². The normalized spacial score (nSPS) is 26.1. The van der Waals surface area contributed by atoms with Crippen LogP contribution in [-0.2, 0) is 4.74 Å². The molecule has 6 nitrogen and oxygen atoms in total. The molecule has 0 aliphatic carbocycles. The standard InChI is InChI=1S/C13H16N2O4/c1-8-13(2,4-6-19-8)15-11(16)9-3-5-14-10(7-9)12(17)18/h3,5,7-8H,4,6H2,1-2H3,(H,15,16)(H,17,18). The first-order valence-electron chi connectivity index (χ1n) is 6.06. The summed E-state index contributed by atoms with van der Waals surface area (Å²) in [6, 6.07) is 2.76. The summed E-state index contributed by atoms with van der Waals surface area (Å²) >= 11 is 0. The Morgan fingerprint density at radius 2 is 2.32 bits per heavy atom. The smallest absolute Gasteiger partial charge is 0.354 e. The van der Waals surface area contributed by atoms with Gasteiger partial charge >= 0.3 is 5.97 Å². The van der Waals surface area contributed by atoms with Crippen LogP contribution in [0.25, 0.3) is 0 Å². The van der Waals surface area contributed by atoms with Gasteiger partial charge in [-0.2, -0.15) is 0 Å². The lowest BCUT2D eigenvalue weighted by molar-refractivity contribution is 0.0690. The van der Waals surface area contributed by atoms with Gasteiger partial charge in [-0.15, -0.1) is 0 Å². The van der Waals surface area contributed by atoms with Crippen molar-refractivity contribution in [3.8, 4) is 0 Å². The Morgan fingerprint density at radius 1 is 1.58 bits per heavy atom. The number of amides is 1. The van der Waals surface area contributed by atoms with Crippen molar-refractivity contribution in [3.05, 3.63) is 29.6 Å². The minimum atomic E-state index is -1.15. The Hall–Kier alpha value is -1.95. The summed E-state index contributed by atoms with van der Waals surface area (Å²) in [6.07, 6.45) is 1.98. The van der Waals surface area contributed by atoms with E-state index in [9.17, 15) is 9.59 Å². The quantitative estimate of drug-likeness (QED) is 0.852. The molecular formula is C13H16N2O4. The molecule has 1 saturated heterocycles. The molecule has 1 aliphatic heterocycles. The first-order chi connectivity index (χ1) is 8.92. The van der Waals surface area contributed by atoms with E-state index in [4.69, 9.17) is 9.84 Å². The van der Waals surface area contributed by atoms with Crippen LogP contribution in [0.4, 0.5) is 0 Å². The summed E-state index contributed by atoms with van der Waals surface area (Å²) in [5, 5.41) is 11.8. The van der Waals surface area contributed by atoms with Crippen molar-refractivity contribution in [1.82, 2.24) is 10.3 Å². The lowest BCUT2D eigenvalue weighted by Crippen LogP contribution is -2.50. The van der Waals surface area contributed by atoms with Crippen LogP contribution in [0, 0.1) is 0 Å². The minimum Gasteiger partial charge on any atom is -0.477 e.